The third-order valence-electron chi connectivity index (χ3n) is 2.77. The Morgan fingerprint density at radius 1 is 1.47 bits per heavy atom. The summed E-state index contributed by atoms with van der Waals surface area (Å²) in [6.45, 7) is 0. The first-order chi connectivity index (χ1) is 7.27. The van der Waals surface area contributed by atoms with Crippen LogP contribution in [0, 0.1) is 0 Å². The highest BCUT2D eigenvalue weighted by Crippen LogP contribution is 2.22. The van der Waals surface area contributed by atoms with Crippen molar-refractivity contribution >= 4 is 11.7 Å². The first kappa shape index (κ1) is 9.96. The van der Waals surface area contributed by atoms with Crippen molar-refractivity contribution in [2.24, 2.45) is 5.73 Å². The predicted molar refractivity (Wildman–Crippen MR) is 58.6 cm³/mol. The number of nitrogens with zero attached hydrogens (tertiary/aromatic N) is 1. The molecule has 1 aliphatic carbocycles. The van der Waals surface area contributed by atoms with Gasteiger partial charge in [-0.3, -0.25) is 4.79 Å². The molecule has 15 heavy (non-hydrogen) atoms. The second-order valence-corrected chi connectivity index (χ2v) is 3.89. The molecule has 0 aromatic carbocycles. The standard InChI is InChI=1S/C11H15N3O/c12-10(15)9-6-3-7-13-11(9)14-8-4-1-2-5-8/h3,6-8H,1-2,4-5H2,(H2,12,15)(H,13,14). The van der Waals surface area contributed by atoms with E-state index in [1.807, 2.05) is 0 Å². The predicted octanol–water partition coefficient (Wildman–Crippen LogP) is 1.54. The molecular formula is C11H15N3O. The van der Waals surface area contributed by atoms with Crippen LogP contribution < -0.4 is 11.1 Å². The fourth-order valence-corrected chi connectivity index (χ4v) is 1.98. The van der Waals surface area contributed by atoms with E-state index in [2.05, 4.69) is 10.3 Å². The summed E-state index contributed by atoms with van der Waals surface area (Å²) >= 11 is 0. The third kappa shape index (κ3) is 2.26. The summed E-state index contributed by atoms with van der Waals surface area (Å²) in [6.07, 6.45) is 6.46. The van der Waals surface area contributed by atoms with Crippen LogP contribution in [0.4, 0.5) is 5.82 Å². The van der Waals surface area contributed by atoms with E-state index in [-0.39, 0.29) is 0 Å². The van der Waals surface area contributed by atoms with Gasteiger partial charge in [-0.2, -0.15) is 0 Å². The van der Waals surface area contributed by atoms with Gasteiger partial charge in [-0.1, -0.05) is 12.8 Å². The number of amides is 1. The van der Waals surface area contributed by atoms with Crippen molar-refractivity contribution in [2.75, 3.05) is 5.32 Å². The van der Waals surface area contributed by atoms with Crippen LogP contribution in [0.2, 0.25) is 0 Å². The Balaban J connectivity index is 2.15. The zero-order valence-corrected chi connectivity index (χ0v) is 8.57. The fraction of sp³-hybridized carbons (Fsp3) is 0.455. The highest BCUT2D eigenvalue weighted by molar-refractivity contribution is 5.97. The van der Waals surface area contributed by atoms with E-state index in [1.54, 1.807) is 18.3 Å². The maximum atomic E-state index is 11.1. The highest BCUT2D eigenvalue weighted by atomic mass is 16.1. The lowest BCUT2D eigenvalue weighted by Crippen LogP contribution is -2.20. The molecule has 3 N–H and O–H groups in total. The Kier molecular flexibility index (Phi) is 2.85. The molecule has 0 radical (unpaired) electrons. The number of pyridine rings is 1. The van der Waals surface area contributed by atoms with Gasteiger partial charge in [0, 0.05) is 12.2 Å². The van der Waals surface area contributed by atoms with Gasteiger partial charge in [0.1, 0.15) is 5.82 Å². The van der Waals surface area contributed by atoms with Crippen molar-refractivity contribution in [3.63, 3.8) is 0 Å². The molecule has 1 saturated carbocycles. The molecule has 2 rings (SSSR count). The van der Waals surface area contributed by atoms with E-state index in [4.69, 9.17) is 5.73 Å². The molecule has 4 nitrogen and oxygen atoms in total. The number of rotatable bonds is 3. The molecule has 0 spiro atoms. The molecule has 0 aliphatic heterocycles. The molecule has 1 heterocycles. The summed E-state index contributed by atoms with van der Waals surface area (Å²) < 4.78 is 0. The molecule has 0 saturated heterocycles. The SMILES string of the molecule is NC(=O)c1cccnc1NC1CCCC1. The van der Waals surface area contributed by atoms with E-state index in [1.165, 1.54) is 12.8 Å². The summed E-state index contributed by atoms with van der Waals surface area (Å²) in [6, 6.07) is 3.87. The number of nitrogens with two attached hydrogens (primary N) is 1. The van der Waals surface area contributed by atoms with E-state index in [0.717, 1.165) is 12.8 Å². The number of nitrogens with one attached hydrogen (secondary N) is 1. The van der Waals surface area contributed by atoms with Gasteiger partial charge in [0.25, 0.3) is 5.91 Å². The maximum absolute atomic E-state index is 11.1. The van der Waals surface area contributed by atoms with E-state index in [0.29, 0.717) is 17.4 Å². The quantitative estimate of drug-likeness (QED) is 0.786. The molecule has 0 atom stereocenters. The number of carbonyl (C=O) groups is 1. The monoisotopic (exact) mass is 205 g/mol. The molecule has 1 aromatic heterocycles. The van der Waals surface area contributed by atoms with Crippen LogP contribution in [-0.2, 0) is 0 Å². The van der Waals surface area contributed by atoms with Gasteiger partial charge in [-0.05, 0) is 25.0 Å². The molecule has 1 aromatic rings. The van der Waals surface area contributed by atoms with Gasteiger partial charge in [-0.25, -0.2) is 4.98 Å². The number of hydrogen-bond donors (Lipinski definition) is 2. The first-order valence-corrected chi connectivity index (χ1v) is 5.29. The van der Waals surface area contributed by atoms with E-state index in [9.17, 15) is 4.79 Å². The van der Waals surface area contributed by atoms with Crippen LogP contribution in [0.15, 0.2) is 18.3 Å². The number of carbonyl (C=O) groups excluding carboxylic acids is 1. The second kappa shape index (κ2) is 4.29. The summed E-state index contributed by atoms with van der Waals surface area (Å²) in [5.74, 6) is 0.195. The number of aromatic nitrogens is 1. The van der Waals surface area contributed by atoms with Gasteiger partial charge in [0.05, 0.1) is 5.56 Å². The van der Waals surface area contributed by atoms with Crippen LogP contribution in [-0.4, -0.2) is 16.9 Å². The Morgan fingerprint density at radius 2 is 2.20 bits per heavy atom. The zero-order valence-electron chi connectivity index (χ0n) is 8.57. The average Bonchev–Trinajstić information content (AvgIpc) is 2.71. The molecule has 80 valence electrons. The first-order valence-electron chi connectivity index (χ1n) is 5.29. The van der Waals surface area contributed by atoms with Gasteiger partial charge in [-0.15, -0.1) is 0 Å². The normalized spacial score (nSPS) is 16.5. The van der Waals surface area contributed by atoms with E-state index < -0.39 is 5.91 Å². The summed E-state index contributed by atoms with van der Waals surface area (Å²) in [5.41, 5.74) is 5.75. The third-order valence-corrected chi connectivity index (χ3v) is 2.77. The smallest absolute Gasteiger partial charge is 0.252 e. The van der Waals surface area contributed by atoms with Gasteiger partial charge in [0.2, 0.25) is 0 Å². The van der Waals surface area contributed by atoms with Crippen molar-refractivity contribution < 1.29 is 4.79 Å². The minimum atomic E-state index is -0.427. The largest absolute Gasteiger partial charge is 0.367 e. The Morgan fingerprint density at radius 3 is 2.87 bits per heavy atom. The lowest BCUT2D eigenvalue weighted by molar-refractivity contribution is 0.100. The lowest BCUT2D eigenvalue weighted by Gasteiger charge is -2.14. The van der Waals surface area contributed by atoms with Gasteiger partial charge in [0.15, 0.2) is 0 Å². The topological polar surface area (TPSA) is 68.0 Å². The number of primary amides is 1. The van der Waals surface area contributed by atoms with Crippen LogP contribution in [0.1, 0.15) is 36.0 Å². The average molecular weight is 205 g/mol. The van der Waals surface area contributed by atoms with E-state index >= 15 is 0 Å². The Bertz CT molecular complexity index is 359. The minimum Gasteiger partial charge on any atom is -0.367 e. The summed E-state index contributed by atoms with van der Waals surface area (Å²) in [5, 5.41) is 3.28. The molecule has 1 aliphatic rings. The maximum Gasteiger partial charge on any atom is 0.252 e. The van der Waals surface area contributed by atoms with Crippen molar-refractivity contribution in [3.05, 3.63) is 23.9 Å². The highest BCUT2D eigenvalue weighted by Gasteiger charge is 2.17. The van der Waals surface area contributed by atoms with Gasteiger partial charge >= 0.3 is 0 Å². The van der Waals surface area contributed by atoms with Crippen molar-refractivity contribution in [1.29, 1.82) is 0 Å². The molecule has 1 fully saturated rings. The van der Waals surface area contributed by atoms with Crippen LogP contribution >= 0.6 is 0 Å². The summed E-state index contributed by atoms with van der Waals surface area (Å²) in [7, 11) is 0. The molecule has 0 bridgehead atoms. The van der Waals surface area contributed by atoms with Gasteiger partial charge < -0.3 is 11.1 Å². The lowest BCUT2D eigenvalue weighted by atomic mass is 10.2. The summed E-state index contributed by atoms with van der Waals surface area (Å²) in [4.78, 5) is 15.3. The van der Waals surface area contributed by atoms with Crippen molar-refractivity contribution in [1.82, 2.24) is 4.98 Å². The Labute approximate surface area is 88.9 Å². The number of anilines is 1. The zero-order chi connectivity index (χ0) is 10.7. The number of hydrogen-bond acceptors (Lipinski definition) is 3. The molecule has 4 heteroatoms. The fourth-order valence-electron chi connectivity index (χ4n) is 1.98. The molecule has 1 amide bonds. The van der Waals surface area contributed by atoms with Crippen LogP contribution in [0.5, 0.6) is 0 Å². The minimum absolute atomic E-state index is 0.427. The second-order valence-electron chi connectivity index (χ2n) is 3.89. The van der Waals surface area contributed by atoms with Crippen molar-refractivity contribution in [3.8, 4) is 0 Å². The van der Waals surface area contributed by atoms with Crippen LogP contribution in [0.3, 0.4) is 0 Å². The molecule has 0 unspecified atom stereocenters. The Hall–Kier alpha value is -1.58. The van der Waals surface area contributed by atoms with Crippen molar-refractivity contribution in [2.45, 2.75) is 31.7 Å². The van der Waals surface area contributed by atoms with Crippen LogP contribution in [0.25, 0.3) is 0 Å². The molecular weight excluding hydrogens is 190 g/mol.